The van der Waals surface area contributed by atoms with Gasteiger partial charge in [0.2, 0.25) is 5.91 Å². The Morgan fingerprint density at radius 3 is 2.55 bits per heavy atom. The summed E-state index contributed by atoms with van der Waals surface area (Å²) in [6, 6.07) is 8.69. The van der Waals surface area contributed by atoms with E-state index in [1.165, 1.54) is 5.56 Å². The number of hydrogen-bond donors (Lipinski definition) is 1. The van der Waals surface area contributed by atoms with Gasteiger partial charge in [0.05, 0.1) is 0 Å². The molecular weight excluding hydrogens is 300 g/mol. The van der Waals surface area contributed by atoms with E-state index in [0.29, 0.717) is 12.6 Å². The molecule has 0 unspecified atom stereocenters. The van der Waals surface area contributed by atoms with Gasteiger partial charge in [-0.25, -0.2) is 0 Å². The number of hydrogen-bond acceptors (Lipinski definition) is 3. The highest BCUT2D eigenvalue weighted by molar-refractivity contribution is 6.30. The summed E-state index contributed by atoms with van der Waals surface area (Å²) in [6.07, 6.45) is 2.92. The van der Waals surface area contributed by atoms with Gasteiger partial charge in [-0.15, -0.1) is 0 Å². The van der Waals surface area contributed by atoms with Gasteiger partial charge in [-0.05, 0) is 37.0 Å². The normalized spacial score (nSPS) is 17.5. The van der Waals surface area contributed by atoms with Crippen LogP contribution in [0.15, 0.2) is 24.3 Å². The smallest absolute Gasteiger partial charge is 0.219 e. The fourth-order valence-corrected chi connectivity index (χ4v) is 3.05. The lowest BCUT2D eigenvalue weighted by molar-refractivity contribution is -0.129. The summed E-state index contributed by atoms with van der Waals surface area (Å²) in [5, 5.41) is 4.48. The minimum Gasteiger partial charge on any atom is -0.385 e. The van der Waals surface area contributed by atoms with Crippen LogP contribution in [-0.4, -0.2) is 43.7 Å². The second-order valence-corrected chi connectivity index (χ2v) is 6.27. The summed E-state index contributed by atoms with van der Waals surface area (Å²) >= 11 is 5.98. The quantitative estimate of drug-likeness (QED) is 0.874. The summed E-state index contributed by atoms with van der Waals surface area (Å²) in [6.45, 7) is 4.03. The molecule has 0 saturated carbocycles. The molecule has 4 nitrogen and oxygen atoms in total. The second-order valence-electron chi connectivity index (χ2n) is 5.83. The van der Waals surface area contributed by atoms with Crippen molar-refractivity contribution >= 4 is 17.5 Å². The topological polar surface area (TPSA) is 41.6 Å². The van der Waals surface area contributed by atoms with Gasteiger partial charge >= 0.3 is 0 Å². The maximum atomic E-state index is 11.4. The van der Waals surface area contributed by atoms with Crippen molar-refractivity contribution in [1.82, 2.24) is 10.2 Å². The Morgan fingerprint density at radius 2 is 2.00 bits per heavy atom. The highest BCUT2D eigenvalue weighted by atomic mass is 35.5. The molecule has 1 N–H and O–H groups in total. The molecule has 5 heteroatoms. The molecule has 1 aliphatic rings. The van der Waals surface area contributed by atoms with Gasteiger partial charge in [0.1, 0.15) is 0 Å². The SMILES string of the molecule is COCC[C@@H](NC1CCN(C(C)=O)CC1)c1ccc(Cl)cc1. The van der Waals surface area contributed by atoms with E-state index in [4.69, 9.17) is 16.3 Å². The maximum Gasteiger partial charge on any atom is 0.219 e. The van der Waals surface area contributed by atoms with Crippen molar-refractivity contribution in [3.63, 3.8) is 0 Å². The van der Waals surface area contributed by atoms with E-state index in [-0.39, 0.29) is 11.9 Å². The van der Waals surface area contributed by atoms with Gasteiger partial charge in [0.15, 0.2) is 0 Å². The van der Waals surface area contributed by atoms with Crippen molar-refractivity contribution in [1.29, 1.82) is 0 Å². The second kappa shape index (κ2) is 8.51. The molecule has 2 rings (SSSR count). The Hall–Kier alpha value is -1.10. The number of piperidine rings is 1. The predicted molar refractivity (Wildman–Crippen MR) is 89.1 cm³/mol. The number of halogens is 1. The minimum atomic E-state index is 0.173. The van der Waals surface area contributed by atoms with Crippen molar-refractivity contribution in [2.45, 2.75) is 38.3 Å². The number of benzene rings is 1. The largest absolute Gasteiger partial charge is 0.385 e. The average Bonchev–Trinajstić information content (AvgIpc) is 2.52. The Morgan fingerprint density at radius 1 is 1.36 bits per heavy atom. The summed E-state index contributed by atoms with van der Waals surface area (Å²) in [7, 11) is 1.73. The van der Waals surface area contributed by atoms with Gasteiger partial charge in [-0.3, -0.25) is 4.79 Å². The van der Waals surface area contributed by atoms with Crippen LogP contribution in [0.3, 0.4) is 0 Å². The number of likely N-dealkylation sites (tertiary alicyclic amines) is 1. The third-order valence-electron chi connectivity index (χ3n) is 4.26. The molecule has 0 spiro atoms. The van der Waals surface area contributed by atoms with Crippen LogP contribution in [0.4, 0.5) is 0 Å². The third kappa shape index (κ3) is 4.97. The van der Waals surface area contributed by atoms with E-state index >= 15 is 0 Å². The molecule has 0 aromatic heterocycles. The summed E-state index contributed by atoms with van der Waals surface area (Å²) in [4.78, 5) is 13.3. The lowest BCUT2D eigenvalue weighted by atomic mass is 9.99. The lowest BCUT2D eigenvalue weighted by Gasteiger charge is -2.34. The molecule has 1 fully saturated rings. The van der Waals surface area contributed by atoms with E-state index in [2.05, 4.69) is 17.4 Å². The fourth-order valence-electron chi connectivity index (χ4n) is 2.92. The van der Waals surface area contributed by atoms with Crippen molar-refractivity contribution in [2.75, 3.05) is 26.8 Å². The zero-order valence-electron chi connectivity index (χ0n) is 13.3. The van der Waals surface area contributed by atoms with Crippen molar-refractivity contribution in [3.8, 4) is 0 Å². The number of methoxy groups -OCH3 is 1. The molecule has 22 heavy (non-hydrogen) atoms. The van der Waals surface area contributed by atoms with Crippen LogP contribution in [0.2, 0.25) is 5.02 Å². The third-order valence-corrected chi connectivity index (χ3v) is 4.51. The van der Waals surface area contributed by atoms with Crippen LogP contribution >= 0.6 is 11.6 Å². The van der Waals surface area contributed by atoms with Crippen molar-refractivity contribution in [3.05, 3.63) is 34.9 Å². The first kappa shape index (κ1) is 17.3. The Bertz CT molecular complexity index is 470. The average molecular weight is 325 g/mol. The molecule has 1 amide bonds. The minimum absolute atomic E-state index is 0.173. The molecule has 1 saturated heterocycles. The number of nitrogens with one attached hydrogen (secondary N) is 1. The summed E-state index contributed by atoms with van der Waals surface area (Å²) in [5.41, 5.74) is 1.23. The molecule has 1 aromatic carbocycles. The van der Waals surface area contributed by atoms with Gasteiger partial charge < -0.3 is 15.0 Å². The molecule has 122 valence electrons. The predicted octanol–water partition coefficient (Wildman–Crippen LogP) is 3.02. The standard InChI is InChI=1S/C17H25ClN2O2/c1-13(21)20-10-7-16(8-11-20)19-17(9-12-22-2)14-3-5-15(18)6-4-14/h3-6,16-17,19H,7-12H2,1-2H3/t17-/m1/s1. The molecule has 1 aliphatic heterocycles. The highest BCUT2D eigenvalue weighted by Gasteiger charge is 2.23. The van der Waals surface area contributed by atoms with Crippen LogP contribution in [0, 0.1) is 0 Å². The molecule has 1 heterocycles. The van der Waals surface area contributed by atoms with Crippen molar-refractivity contribution in [2.24, 2.45) is 0 Å². The summed E-state index contributed by atoms with van der Waals surface area (Å²) in [5.74, 6) is 0.173. The fraction of sp³-hybridized carbons (Fsp3) is 0.588. The molecule has 1 atom stereocenters. The first-order valence-electron chi connectivity index (χ1n) is 7.86. The van der Waals surface area contributed by atoms with Gasteiger partial charge in [0.25, 0.3) is 0 Å². The Kier molecular flexibility index (Phi) is 6.68. The number of carbonyl (C=O) groups excluding carboxylic acids is 1. The highest BCUT2D eigenvalue weighted by Crippen LogP contribution is 2.22. The molecular formula is C17H25ClN2O2. The van der Waals surface area contributed by atoms with Crippen molar-refractivity contribution < 1.29 is 9.53 Å². The van der Waals surface area contributed by atoms with Crippen LogP contribution < -0.4 is 5.32 Å². The van der Waals surface area contributed by atoms with Gasteiger partial charge in [-0.2, -0.15) is 0 Å². The monoisotopic (exact) mass is 324 g/mol. The van der Waals surface area contributed by atoms with E-state index in [9.17, 15) is 4.79 Å². The van der Waals surface area contributed by atoms with Crippen LogP contribution in [0.1, 0.15) is 37.8 Å². The van der Waals surface area contributed by atoms with E-state index in [1.54, 1.807) is 14.0 Å². The number of carbonyl (C=O) groups is 1. The number of nitrogens with zero attached hydrogens (tertiary/aromatic N) is 1. The molecule has 0 radical (unpaired) electrons. The lowest BCUT2D eigenvalue weighted by Crippen LogP contribution is -2.45. The Balaban J connectivity index is 1.95. The number of rotatable bonds is 6. The van der Waals surface area contributed by atoms with Crippen LogP contribution in [-0.2, 0) is 9.53 Å². The summed E-state index contributed by atoms with van der Waals surface area (Å²) < 4.78 is 5.24. The van der Waals surface area contributed by atoms with Gasteiger partial charge in [0, 0.05) is 50.8 Å². The molecule has 0 bridgehead atoms. The Labute approximate surface area is 137 Å². The molecule has 0 aliphatic carbocycles. The zero-order chi connectivity index (χ0) is 15.9. The van der Waals surface area contributed by atoms with E-state index in [1.807, 2.05) is 17.0 Å². The van der Waals surface area contributed by atoms with E-state index in [0.717, 1.165) is 37.4 Å². The number of ether oxygens (including phenoxy) is 1. The number of amides is 1. The van der Waals surface area contributed by atoms with Gasteiger partial charge in [-0.1, -0.05) is 23.7 Å². The first-order chi connectivity index (χ1) is 10.6. The van der Waals surface area contributed by atoms with Crippen LogP contribution in [0.25, 0.3) is 0 Å². The zero-order valence-corrected chi connectivity index (χ0v) is 14.1. The van der Waals surface area contributed by atoms with Crippen LogP contribution in [0.5, 0.6) is 0 Å². The maximum absolute atomic E-state index is 11.4. The first-order valence-corrected chi connectivity index (χ1v) is 8.24. The molecule has 1 aromatic rings. The van der Waals surface area contributed by atoms with E-state index < -0.39 is 0 Å².